The minimum atomic E-state index is -0.442. The Bertz CT molecular complexity index is 508. The van der Waals surface area contributed by atoms with Crippen molar-refractivity contribution in [2.45, 2.75) is 51.9 Å². The van der Waals surface area contributed by atoms with Gasteiger partial charge in [-0.2, -0.15) is 0 Å². The first kappa shape index (κ1) is 16.8. The van der Waals surface area contributed by atoms with Crippen LogP contribution in [0.2, 0.25) is 0 Å². The third kappa shape index (κ3) is 4.71. The van der Waals surface area contributed by atoms with Crippen LogP contribution >= 0.6 is 0 Å². The Morgan fingerprint density at radius 3 is 2.50 bits per heavy atom. The Hall–Kier alpha value is -1.59. The first-order valence-corrected chi connectivity index (χ1v) is 7.81. The highest BCUT2D eigenvalue weighted by molar-refractivity contribution is 5.73. The lowest BCUT2D eigenvalue weighted by Gasteiger charge is -2.37. The van der Waals surface area contributed by atoms with E-state index >= 15 is 0 Å². The molecule has 5 heteroatoms. The van der Waals surface area contributed by atoms with Crippen LogP contribution < -0.4 is 11.5 Å². The standard InChI is InChI=1S/C17H27N3O2/c1-17(2,3)22-16(21)13-8-9-20(15(19)10-13)11-12-4-6-14(18)7-5-12/h4-7,13,15H,8-11,18-19H2,1-3H3/t13-,15-/m1/s1. The van der Waals surface area contributed by atoms with Crippen LogP contribution in [-0.2, 0) is 16.1 Å². The summed E-state index contributed by atoms with van der Waals surface area (Å²) in [6.07, 6.45) is 1.31. The number of piperidine rings is 1. The lowest BCUT2D eigenvalue weighted by Crippen LogP contribution is -2.49. The maximum Gasteiger partial charge on any atom is 0.309 e. The van der Waals surface area contributed by atoms with E-state index < -0.39 is 5.60 Å². The van der Waals surface area contributed by atoms with Crippen molar-refractivity contribution in [2.24, 2.45) is 11.7 Å². The predicted molar refractivity (Wildman–Crippen MR) is 87.8 cm³/mol. The van der Waals surface area contributed by atoms with Gasteiger partial charge in [-0.25, -0.2) is 0 Å². The van der Waals surface area contributed by atoms with Crippen LogP contribution in [0.25, 0.3) is 0 Å². The number of nitrogens with zero attached hydrogens (tertiary/aromatic N) is 1. The number of anilines is 1. The van der Waals surface area contributed by atoms with E-state index in [1.165, 1.54) is 5.56 Å². The van der Waals surface area contributed by atoms with Crippen LogP contribution in [0.1, 0.15) is 39.2 Å². The first-order chi connectivity index (χ1) is 10.2. The molecule has 0 amide bonds. The summed E-state index contributed by atoms with van der Waals surface area (Å²) in [5.74, 6) is -0.230. The molecule has 1 aromatic rings. The summed E-state index contributed by atoms with van der Waals surface area (Å²) >= 11 is 0. The summed E-state index contributed by atoms with van der Waals surface area (Å²) in [5, 5.41) is 0. The summed E-state index contributed by atoms with van der Waals surface area (Å²) in [4.78, 5) is 14.4. The quantitative estimate of drug-likeness (QED) is 0.660. The number of carbonyl (C=O) groups is 1. The zero-order valence-corrected chi connectivity index (χ0v) is 13.7. The Morgan fingerprint density at radius 2 is 1.95 bits per heavy atom. The normalized spacial score (nSPS) is 23.3. The second-order valence-electron chi connectivity index (χ2n) is 7.03. The van der Waals surface area contributed by atoms with Crippen molar-refractivity contribution in [3.63, 3.8) is 0 Å². The average Bonchev–Trinajstić information content (AvgIpc) is 2.41. The monoisotopic (exact) mass is 305 g/mol. The van der Waals surface area contributed by atoms with Crippen LogP contribution in [0.4, 0.5) is 5.69 Å². The summed E-state index contributed by atoms with van der Waals surface area (Å²) < 4.78 is 5.47. The van der Waals surface area contributed by atoms with Crippen LogP contribution in [0, 0.1) is 5.92 Å². The van der Waals surface area contributed by atoms with Gasteiger partial charge in [0.1, 0.15) is 5.60 Å². The summed E-state index contributed by atoms with van der Waals surface area (Å²) in [5.41, 5.74) is 13.4. The molecule has 0 saturated carbocycles. The molecule has 1 heterocycles. The van der Waals surface area contributed by atoms with Gasteiger partial charge in [0.2, 0.25) is 0 Å². The molecular formula is C17H27N3O2. The second-order valence-corrected chi connectivity index (χ2v) is 7.03. The summed E-state index contributed by atoms with van der Waals surface area (Å²) in [6, 6.07) is 7.83. The SMILES string of the molecule is CC(C)(C)OC(=O)[C@@H]1CCN(Cc2ccc(N)cc2)[C@@H](N)C1. The molecule has 4 N–H and O–H groups in total. The van der Waals surface area contributed by atoms with Gasteiger partial charge in [0.15, 0.2) is 0 Å². The largest absolute Gasteiger partial charge is 0.460 e. The number of hydrogen-bond acceptors (Lipinski definition) is 5. The number of likely N-dealkylation sites (tertiary alicyclic amines) is 1. The zero-order chi connectivity index (χ0) is 16.3. The van der Waals surface area contributed by atoms with Gasteiger partial charge in [-0.15, -0.1) is 0 Å². The number of nitrogens with two attached hydrogens (primary N) is 2. The molecule has 0 radical (unpaired) electrons. The van der Waals surface area contributed by atoms with Crippen LogP contribution in [-0.4, -0.2) is 29.2 Å². The number of carbonyl (C=O) groups excluding carboxylic acids is 1. The Labute approximate surface area is 132 Å². The highest BCUT2D eigenvalue weighted by Gasteiger charge is 2.32. The fourth-order valence-electron chi connectivity index (χ4n) is 2.70. The lowest BCUT2D eigenvalue weighted by atomic mass is 9.94. The number of rotatable bonds is 3. The number of hydrogen-bond donors (Lipinski definition) is 2. The minimum absolute atomic E-state index is 0.100. The minimum Gasteiger partial charge on any atom is -0.460 e. The highest BCUT2D eigenvalue weighted by atomic mass is 16.6. The molecule has 22 heavy (non-hydrogen) atoms. The molecule has 0 unspecified atom stereocenters. The predicted octanol–water partition coefficient (Wildman–Crippen LogP) is 2.11. The van der Waals surface area contributed by atoms with Gasteiger partial charge in [0.25, 0.3) is 0 Å². The molecule has 2 rings (SSSR count). The summed E-state index contributed by atoms with van der Waals surface area (Å²) in [7, 11) is 0. The molecule has 1 aliphatic heterocycles. The summed E-state index contributed by atoms with van der Waals surface area (Å²) in [6.45, 7) is 7.25. The topological polar surface area (TPSA) is 81.6 Å². The van der Waals surface area contributed by atoms with Crippen molar-refractivity contribution in [1.82, 2.24) is 4.90 Å². The third-order valence-corrected chi connectivity index (χ3v) is 3.87. The van der Waals surface area contributed by atoms with E-state index in [1.807, 2.05) is 45.0 Å². The van der Waals surface area contributed by atoms with E-state index in [2.05, 4.69) is 4.90 Å². The number of nitrogen functional groups attached to an aromatic ring is 1. The molecule has 122 valence electrons. The Morgan fingerprint density at radius 1 is 1.32 bits per heavy atom. The molecule has 0 bridgehead atoms. The Balaban J connectivity index is 1.90. The van der Waals surface area contributed by atoms with Gasteiger partial charge in [-0.05, 0) is 51.3 Å². The molecule has 1 aromatic carbocycles. The van der Waals surface area contributed by atoms with Crippen LogP contribution in [0.5, 0.6) is 0 Å². The zero-order valence-electron chi connectivity index (χ0n) is 13.7. The molecule has 1 fully saturated rings. The van der Waals surface area contributed by atoms with Gasteiger partial charge in [0, 0.05) is 18.8 Å². The average molecular weight is 305 g/mol. The van der Waals surface area contributed by atoms with Gasteiger partial charge < -0.3 is 16.2 Å². The molecule has 2 atom stereocenters. The van der Waals surface area contributed by atoms with Gasteiger partial charge >= 0.3 is 5.97 Å². The molecular weight excluding hydrogens is 278 g/mol. The van der Waals surface area contributed by atoms with Crippen molar-refractivity contribution in [1.29, 1.82) is 0 Å². The van der Waals surface area contributed by atoms with E-state index in [0.29, 0.717) is 6.42 Å². The van der Waals surface area contributed by atoms with Crippen LogP contribution in [0.15, 0.2) is 24.3 Å². The molecule has 0 aliphatic carbocycles. The van der Waals surface area contributed by atoms with Crippen molar-refractivity contribution >= 4 is 11.7 Å². The molecule has 5 nitrogen and oxygen atoms in total. The van der Waals surface area contributed by atoms with Crippen LogP contribution in [0.3, 0.4) is 0 Å². The number of benzene rings is 1. The molecule has 1 saturated heterocycles. The fourth-order valence-corrected chi connectivity index (χ4v) is 2.70. The number of ether oxygens (including phenoxy) is 1. The van der Waals surface area contributed by atoms with E-state index in [4.69, 9.17) is 16.2 Å². The molecule has 1 aliphatic rings. The Kier molecular flexibility index (Phi) is 5.08. The highest BCUT2D eigenvalue weighted by Crippen LogP contribution is 2.25. The fraction of sp³-hybridized carbons (Fsp3) is 0.588. The van der Waals surface area contributed by atoms with E-state index in [1.54, 1.807) is 0 Å². The van der Waals surface area contributed by atoms with E-state index in [9.17, 15) is 4.79 Å². The second kappa shape index (κ2) is 6.67. The van der Waals surface area contributed by atoms with Gasteiger partial charge in [-0.3, -0.25) is 9.69 Å². The van der Waals surface area contributed by atoms with Crippen molar-refractivity contribution < 1.29 is 9.53 Å². The van der Waals surface area contributed by atoms with Crippen molar-refractivity contribution in [2.75, 3.05) is 12.3 Å². The van der Waals surface area contributed by atoms with Gasteiger partial charge in [0.05, 0.1) is 12.1 Å². The van der Waals surface area contributed by atoms with E-state index in [-0.39, 0.29) is 18.1 Å². The van der Waals surface area contributed by atoms with Crippen molar-refractivity contribution in [3.8, 4) is 0 Å². The lowest BCUT2D eigenvalue weighted by molar-refractivity contribution is -0.162. The third-order valence-electron chi connectivity index (χ3n) is 3.87. The maximum absolute atomic E-state index is 12.2. The number of esters is 1. The van der Waals surface area contributed by atoms with Crippen molar-refractivity contribution in [3.05, 3.63) is 29.8 Å². The maximum atomic E-state index is 12.2. The smallest absolute Gasteiger partial charge is 0.309 e. The van der Waals surface area contributed by atoms with Gasteiger partial charge in [-0.1, -0.05) is 12.1 Å². The van der Waals surface area contributed by atoms with E-state index in [0.717, 1.165) is 25.2 Å². The first-order valence-electron chi connectivity index (χ1n) is 7.81. The molecule has 0 spiro atoms. The molecule has 0 aromatic heterocycles.